The summed E-state index contributed by atoms with van der Waals surface area (Å²) in [5.41, 5.74) is 2.33. The number of hydrogen-bond acceptors (Lipinski definition) is 4. The van der Waals surface area contributed by atoms with Crippen molar-refractivity contribution >= 4 is 5.91 Å². The minimum Gasteiger partial charge on any atom is -0.394 e. The van der Waals surface area contributed by atoms with Crippen LogP contribution in [-0.2, 0) is 16.1 Å². The van der Waals surface area contributed by atoms with Crippen LogP contribution in [0.1, 0.15) is 17.0 Å². The SMILES string of the molecule is O=C(C1CNCc2ccccc21)N1CCOC(CO)C1. The molecule has 0 aliphatic carbocycles. The van der Waals surface area contributed by atoms with E-state index in [0.717, 1.165) is 12.1 Å². The highest BCUT2D eigenvalue weighted by molar-refractivity contribution is 5.85. The number of fused-ring (bicyclic) bond motifs is 1. The fraction of sp³-hybridized carbons (Fsp3) is 0.533. The molecule has 0 radical (unpaired) electrons. The number of carbonyl (C=O) groups excluding carboxylic acids is 1. The minimum absolute atomic E-state index is 0.0384. The number of ether oxygens (including phenoxy) is 1. The van der Waals surface area contributed by atoms with E-state index in [9.17, 15) is 9.90 Å². The summed E-state index contributed by atoms with van der Waals surface area (Å²) >= 11 is 0. The molecule has 1 fully saturated rings. The Labute approximate surface area is 118 Å². The van der Waals surface area contributed by atoms with Gasteiger partial charge in [-0.3, -0.25) is 4.79 Å². The molecular formula is C15H20N2O3. The second kappa shape index (κ2) is 5.91. The van der Waals surface area contributed by atoms with Gasteiger partial charge in [-0.2, -0.15) is 0 Å². The van der Waals surface area contributed by atoms with Gasteiger partial charge in [0.15, 0.2) is 0 Å². The number of amides is 1. The molecule has 2 aliphatic heterocycles. The van der Waals surface area contributed by atoms with Gasteiger partial charge in [0.05, 0.1) is 25.2 Å². The van der Waals surface area contributed by atoms with Crippen LogP contribution in [0.5, 0.6) is 0 Å². The second-order valence-corrected chi connectivity index (χ2v) is 5.34. The molecule has 0 saturated carbocycles. The molecule has 1 amide bonds. The van der Waals surface area contributed by atoms with Gasteiger partial charge in [0.1, 0.15) is 0 Å². The molecule has 2 unspecified atom stereocenters. The Hall–Kier alpha value is -1.43. The Kier molecular flexibility index (Phi) is 4.00. The lowest BCUT2D eigenvalue weighted by atomic mass is 9.89. The summed E-state index contributed by atoms with van der Waals surface area (Å²) in [5.74, 6) is 0.00351. The monoisotopic (exact) mass is 276 g/mol. The fourth-order valence-corrected chi connectivity index (χ4v) is 2.97. The zero-order valence-electron chi connectivity index (χ0n) is 11.4. The number of morpholine rings is 1. The van der Waals surface area contributed by atoms with E-state index in [1.54, 1.807) is 0 Å². The standard InChI is InChI=1S/C15H20N2O3/c18-10-12-9-17(5-6-20-12)15(19)14-8-16-7-11-3-1-2-4-13(11)14/h1-4,12,14,16,18H,5-10H2. The van der Waals surface area contributed by atoms with Gasteiger partial charge in [-0.1, -0.05) is 24.3 Å². The molecule has 3 rings (SSSR count). The fourth-order valence-electron chi connectivity index (χ4n) is 2.97. The van der Waals surface area contributed by atoms with Crippen molar-refractivity contribution in [2.24, 2.45) is 0 Å². The molecule has 2 aliphatic rings. The van der Waals surface area contributed by atoms with Gasteiger partial charge in [-0.05, 0) is 11.1 Å². The highest BCUT2D eigenvalue weighted by Gasteiger charge is 2.32. The largest absolute Gasteiger partial charge is 0.394 e. The average Bonchev–Trinajstić information content (AvgIpc) is 2.53. The predicted molar refractivity (Wildman–Crippen MR) is 74.3 cm³/mol. The summed E-state index contributed by atoms with van der Waals surface area (Å²) in [5, 5.41) is 12.5. The Bertz CT molecular complexity index is 492. The lowest BCUT2D eigenvalue weighted by Gasteiger charge is -2.36. The topological polar surface area (TPSA) is 61.8 Å². The van der Waals surface area contributed by atoms with Crippen molar-refractivity contribution in [3.05, 3.63) is 35.4 Å². The molecule has 0 aromatic heterocycles. The van der Waals surface area contributed by atoms with Gasteiger partial charge in [0.25, 0.3) is 0 Å². The van der Waals surface area contributed by atoms with Crippen LogP contribution in [0.3, 0.4) is 0 Å². The molecule has 1 aromatic rings. The summed E-state index contributed by atoms with van der Waals surface area (Å²) in [6.45, 7) is 3.05. The molecule has 1 saturated heterocycles. The van der Waals surface area contributed by atoms with Gasteiger partial charge in [0, 0.05) is 26.2 Å². The number of aliphatic hydroxyl groups is 1. The van der Waals surface area contributed by atoms with E-state index < -0.39 is 0 Å². The maximum absolute atomic E-state index is 12.7. The van der Waals surface area contributed by atoms with Crippen molar-refractivity contribution in [1.29, 1.82) is 0 Å². The third-order valence-corrected chi connectivity index (χ3v) is 4.05. The van der Waals surface area contributed by atoms with E-state index in [4.69, 9.17) is 4.74 Å². The number of aliphatic hydroxyl groups excluding tert-OH is 1. The van der Waals surface area contributed by atoms with Crippen molar-refractivity contribution in [3.63, 3.8) is 0 Å². The molecule has 5 heteroatoms. The van der Waals surface area contributed by atoms with Crippen LogP contribution in [0.4, 0.5) is 0 Å². The van der Waals surface area contributed by atoms with E-state index in [-0.39, 0.29) is 24.5 Å². The van der Waals surface area contributed by atoms with Crippen LogP contribution in [0.25, 0.3) is 0 Å². The lowest BCUT2D eigenvalue weighted by molar-refractivity contribution is -0.141. The third kappa shape index (κ3) is 2.57. The average molecular weight is 276 g/mol. The number of nitrogens with zero attached hydrogens (tertiary/aromatic N) is 1. The Morgan fingerprint density at radius 2 is 2.30 bits per heavy atom. The first-order valence-electron chi connectivity index (χ1n) is 7.09. The normalized spacial score (nSPS) is 26.1. The third-order valence-electron chi connectivity index (χ3n) is 4.05. The zero-order valence-corrected chi connectivity index (χ0v) is 11.4. The Morgan fingerprint density at radius 3 is 3.15 bits per heavy atom. The first-order valence-corrected chi connectivity index (χ1v) is 7.09. The first-order chi connectivity index (χ1) is 9.79. The number of nitrogens with one attached hydrogen (secondary N) is 1. The highest BCUT2D eigenvalue weighted by atomic mass is 16.5. The van der Waals surface area contributed by atoms with Crippen molar-refractivity contribution in [2.45, 2.75) is 18.6 Å². The number of carbonyl (C=O) groups is 1. The molecule has 1 aromatic carbocycles. The maximum Gasteiger partial charge on any atom is 0.231 e. The summed E-state index contributed by atoms with van der Waals surface area (Å²) in [7, 11) is 0. The van der Waals surface area contributed by atoms with E-state index in [1.807, 2.05) is 23.1 Å². The first kappa shape index (κ1) is 13.5. The van der Waals surface area contributed by atoms with Crippen molar-refractivity contribution < 1.29 is 14.6 Å². The van der Waals surface area contributed by atoms with E-state index >= 15 is 0 Å². The van der Waals surface area contributed by atoms with E-state index in [0.29, 0.717) is 26.2 Å². The van der Waals surface area contributed by atoms with Crippen LogP contribution in [0.15, 0.2) is 24.3 Å². The quantitative estimate of drug-likeness (QED) is 0.804. The molecule has 0 bridgehead atoms. The molecule has 108 valence electrons. The van der Waals surface area contributed by atoms with Crippen LogP contribution >= 0.6 is 0 Å². The van der Waals surface area contributed by atoms with E-state index in [1.165, 1.54) is 5.56 Å². The van der Waals surface area contributed by atoms with Gasteiger partial charge in [0.2, 0.25) is 5.91 Å². The van der Waals surface area contributed by atoms with Gasteiger partial charge >= 0.3 is 0 Å². The summed E-state index contributed by atoms with van der Waals surface area (Å²) < 4.78 is 5.40. The smallest absolute Gasteiger partial charge is 0.231 e. The van der Waals surface area contributed by atoms with Crippen molar-refractivity contribution in [2.75, 3.05) is 32.8 Å². The zero-order chi connectivity index (χ0) is 13.9. The number of rotatable bonds is 2. The summed E-state index contributed by atoms with van der Waals surface area (Å²) in [6, 6.07) is 8.10. The number of benzene rings is 1. The molecule has 5 nitrogen and oxygen atoms in total. The lowest BCUT2D eigenvalue weighted by Crippen LogP contribution is -2.50. The van der Waals surface area contributed by atoms with Gasteiger partial charge in [-0.25, -0.2) is 0 Å². The van der Waals surface area contributed by atoms with E-state index in [2.05, 4.69) is 11.4 Å². The molecule has 2 N–H and O–H groups in total. The molecule has 2 heterocycles. The second-order valence-electron chi connectivity index (χ2n) is 5.34. The molecule has 20 heavy (non-hydrogen) atoms. The molecule has 0 spiro atoms. The van der Waals surface area contributed by atoms with Crippen LogP contribution in [0, 0.1) is 0 Å². The minimum atomic E-state index is -0.250. The van der Waals surface area contributed by atoms with Crippen molar-refractivity contribution in [1.82, 2.24) is 10.2 Å². The van der Waals surface area contributed by atoms with Crippen LogP contribution in [-0.4, -0.2) is 54.9 Å². The highest BCUT2D eigenvalue weighted by Crippen LogP contribution is 2.26. The van der Waals surface area contributed by atoms with Crippen LogP contribution in [0.2, 0.25) is 0 Å². The predicted octanol–water partition coefficient (Wildman–Crippen LogP) is 0.0931. The molecule has 2 atom stereocenters. The molecular weight excluding hydrogens is 256 g/mol. The van der Waals surface area contributed by atoms with Gasteiger partial charge in [-0.15, -0.1) is 0 Å². The Balaban J connectivity index is 1.78. The summed E-state index contributed by atoms with van der Waals surface area (Å²) in [4.78, 5) is 14.5. The summed E-state index contributed by atoms with van der Waals surface area (Å²) in [6.07, 6.45) is -0.250. The van der Waals surface area contributed by atoms with Crippen molar-refractivity contribution in [3.8, 4) is 0 Å². The van der Waals surface area contributed by atoms with Gasteiger partial charge < -0.3 is 20.1 Å². The maximum atomic E-state index is 12.7. The van der Waals surface area contributed by atoms with Crippen LogP contribution < -0.4 is 5.32 Å². The Morgan fingerprint density at radius 1 is 1.45 bits per heavy atom. The number of hydrogen-bond donors (Lipinski definition) is 2.